The van der Waals surface area contributed by atoms with E-state index in [1.807, 2.05) is 37.3 Å². The number of allylic oxidation sites excluding steroid dienone is 1. The first-order valence-corrected chi connectivity index (χ1v) is 7.81. The van der Waals surface area contributed by atoms with Crippen LogP contribution in [0.2, 0.25) is 0 Å². The van der Waals surface area contributed by atoms with E-state index < -0.39 is 0 Å². The van der Waals surface area contributed by atoms with Crippen LogP contribution >= 0.6 is 0 Å². The van der Waals surface area contributed by atoms with E-state index in [9.17, 15) is 0 Å². The first-order valence-electron chi connectivity index (χ1n) is 7.81. The van der Waals surface area contributed by atoms with E-state index in [2.05, 4.69) is 19.2 Å². The molecule has 0 unspecified atom stereocenters. The first kappa shape index (κ1) is 17.6. The fourth-order valence-electron chi connectivity index (χ4n) is 2.09. The number of hydrogen-bond acceptors (Lipinski definition) is 3. The van der Waals surface area contributed by atoms with Crippen LogP contribution in [-0.4, -0.2) is 26.8 Å². The van der Waals surface area contributed by atoms with Crippen LogP contribution in [0.4, 0.5) is 0 Å². The number of methoxy groups -OCH3 is 1. The summed E-state index contributed by atoms with van der Waals surface area (Å²) in [6, 6.07) is 5.99. The fraction of sp³-hybridized carbons (Fsp3) is 0.556. The summed E-state index contributed by atoms with van der Waals surface area (Å²) in [5, 5.41) is 3.40. The Kier molecular flexibility index (Phi) is 8.60. The summed E-state index contributed by atoms with van der Waals surface area (Å²) >= 11 is 0. The molecular formula is C18H29NO2. The quantitative estimate of drug-likeness (QED) is 0.657. The SMILES string of the molecule is CC=Cc1ccc(OCCNCCCC(C)C)c(OC)c1. The van der Waals surface area contributed by atoms with Gasteiger partial charge in [-0.25, -0.2) is 0 Å². The van der Waals surface area contributed by atoms with Crippen molar-refractivity contribution in [2.45, 2.75) is 33.6 Å². The van der Waals surface area contributed by atoms with E-state index in [0.717, 1.165) is 36.1 Å². The zero-order valence-electron chi connectivity index (χ0n) is 13.8. The lowest BCUT2D eigenvalue weighted by Gasteiger charge is -2.12. The van der Waals surface area contributed by atoms with Crippen molar-refractivity contribution in [2.24, 2.45) is 5.92 Å². The maximum absolute atomic E-state index is 5.78. The molecule has 1 aromatic rings. The van der Waals surface area contributed by atoms with Gasteiger partial charge in [0, 0.05) is 6.54 Å². The molecule has 0 aliphatic heterocycles. The Bertz CT molecular complexity index is 427. The van der Waals surface area contributed by atoms with Crippen LogP contribution in [0.15, 0.2) is 24.3 Å². The monoisotopic (exact) mass is 291 g/mol. The van der Waals surface area contributed by atoms with Crippen molar-refractivity contribution in [3.05, 3.63) is 29.8 Å². The van der Waals surface area contributed by atoms with Gasteiger partial charge in [0.15, 0.2) is 11.5 Å². The molecule has 0 spiro atoms. The third-order valence-electron chi connectivity index (χ3n) is 3.22. The number of nitrogens with one attached hydrogen (secondary N) is 1. The predicted octanol–water partition coefficient (Wildman–Crippen LogP) is 4.13. The van der Waals surface area contributed by atoms with Gasteiger partial charge in [-0.3, -0.25) is 0 Å². The van der Waals surface area contributed by atoms with Crippen LogP contribution in [-0.2, 0) is 0 Å². The zero-order chi connectivity index (χ0) is 15.5. The minimum absolute atomic E-state index is 0.654. The average Bonchev–Trinajstić information content (AvgIpc) is 2.47. The normalized spacial score (nSPS) is 11.3. The molecule has 0 bridgehead atoms. The van der Waals surface area contributed by atoms with E-state index in [-0.39, 0.29) is 0 Å². The highest BCUT2D eigenvalue weighted by molar-refractivity contribution is 5.55. The standard InChI is InChI=1S/C18H29NO2/c1-5-7-16-9-10-17(18(14-16)20-4)21-13-12-19-11-6-8-15(2)3/h5,7,9-10,14-15,19H,6,8,11-13H2,1-4H3. The number of ether oxygens (including phenoxy) is 2. The number of hydrogen-bond donors (Lipinski definition) is 1. The van der Waals surface area contributed by atoms with E-state index >= 15 is 0 Å². The van der Waals surface area contributed by atoms with Crippen molar-refractivity contribution in [1.29, 1.82) is 0 Å². The molecule has 0 heterocycles. The molecular weight excluding hydrogens is 262 g/mol. The molecule has 3 heteroatoms. The molecule has 0 saturated heterocycles. The highest BCUT2D eigenvalue weighted by Crippen LogP contribution is 2.28. The summed E-state index contributed by atoms with van der Waals surface area (Å²) in [6.45, 7) is 9.08. The van der Waals surface area contributed by atoms with Gasteiger partial charge in [-0.05, 0) is 49.9 Å². The highest BCUT2D eigenvalue weighted by atomic mass is 16.5. The highest BCUT2D eigenvalue weighted by Gasteiger charge is 2.04. The summed E-state index contributed by atoms with van der Waals surface area (Å²) in [5.41, 5.74) is 1.12. The molecule has 21 heavy (non-hydrogen) atoms. The maximum Gasteiger partial charge on any atom is 0.161 e. The lowest BCUT2D eigenvalue weighted by Crippen LogP contribution is -2.22. The summed E-state index contributed by atoms with van der Waals surface area (Å²) in [6.07, 6.45) is 6.55. The van der Waals surface area contributed by atoms with Crippen LogP contribution < -0.4 is 14.8 Å². The molecule has 1 aromatic carbocycles. The molecule has 0 aromatic heterocycles. The van der Waals surface area contributed by atoms with Crippen molar-refractivity contribution >= 4 is 6.08 Å². The summed E-state index contributed by atoms with van der Waals surface area (Å²) in [4.78, 5) is 0. The average molecular weight is 291 g/mol. The maximum atomic E-state index is 5.78. The third kappa shape index (κ3) is 7.19. The molecule has 118 valence electrons. The van der Waals surface area contributed by atoms with E-state index in [0.29, 0.717) is 6.61 Å². The number of benzene rings is 1. The molecule has 0 fully saturated rings. The van der Waals surface area contributed by atoms with Gasteiger partial charge in [0.2, 0.25) is 0 Å². The second kappa shape index (κ2) is 10.3. The molecule has 0 atom stereocenters. The Labute approximate surface area is 129 Å². The van der Waals surface area contributed by atoms with Gasteiger partial charge in [0.25, 0.3) is 0 Å². The third-order valence-corrected chi connectivity index (χ3v) is 3.22. The Balaban J connectivity index is 2.31. The Hall–Kier alpha value is -1.48. The lowest BCUT2D eigenvalue weighted by molar-refractivity contribution is 0.291. The van der Waals surface area contributed by atoms with Crippen molar-refractivity contribution in [3.63, 3.8) is 0 Å². The largest absolute Gasteiger partial charge is 0.493 e. The molecule has 1 rings (SSSR count). The minimum Gasteiger partial charge on any atom is -0.493 e. The van der Waals surface area contributed by atoms with Gasteiger partial charge < -0.3 is 14.8 Å². The van der Waals surface area contributed by atoms with Crippen LogP contribution in [0.25, 0.3) is 6.08 Å². The van der Waals surface area contributed by atoms with Crippen molar-refractivity contribution in [1.82, 2.24) is 5.32 Å². The van der Waals surface area contributed by atoms with Gasteiger partial charge in [0.1, 0.15) is 6.61 Å². The Morgan fingerprint density at radius 1 is 1.19 bits per heavy atom. The smallest absolute Gasteiger partial charge is 0.161 e. The molecule has 3 nitrogen and oxygen atoms in total. The van der Waals surface area contributed by atoms with E-state index in [4.69, 9.17) is 9.47 Å². The van der Waals surface area contributed by atoms with Gasteiger partial charge in [-0.2, -0.15) is 0 Å². The topological polar surface area (TPSA) is 30.5 Å². The fourth-order valence-corrected chi connectivity index (χ4v) is 2.09. The number of rotatable bonds is 10. The Morgan fingerprint density at radius 2 is 2.00 bits per heavy atom. The van der Waals surface area contributed by atoms with Crippen LogP contribution in [0.3, 0.4) is 0 Å². The van der Waals surface area contributed by atoms with Gasteiger partial charge in [-0.15, -0.1) is 0 Å². The van der Waals surface area contributed by atoms with Crippen molar-refractivity contribution in [2.75, 3.05) is 26.8 Å². The summed E-state index contributed by atoms with van der Waals surface area (Å²) in [5.74, 6) is 2.36. The minimum atomic E-state index is 0.654. The zero-order valence-corrected chi connectivity index (χ0v) is 13.8. The van der Waals surface area contributed by atoms with E-state index in [1.165, 1.54) is 12.8 Å². The second-order valence-electron chi connectivity index (χ2n) is 5.54. The Morgan fingerprint density at radius 3 is 2.67 bits per heavy atom. The van der Waals surface area contributed by atoms with Gasteiger partial charge in [-0.1, -0.05) is 32.1 Å². The molecule has 1 N–H and O–H groups in total. The predicted molar refractivity (Wildman–Crippen MR) is 90.1 cm³/mol. The van der Waals surface area contributed by atoms with Crippen molar-refractivity contribution < 1.29 is 9.47 Å². The lowest BCUT2D eigenvalue weighted by atomic mass is 10.1. The van der Waals surface area contributed by atoms with Crippen LogP contribution in [0.1, 0.15) is 39.2 Å². The first-order chi connectivity index (χ1) is 10.2. The van der Waals surface area contributed by atoms with Crippen LogP contribution in [0, 0.1) is 5.92 Å². The van der Waals surface area contributed by atoms with E-state index in [1.54, 1.807) is 7.11 Å². The molecule has 0 saturated carbocycles. The van der Waals surface area contributed by atoms with Crippen LogP contribution in [0.5, 0.6) is 11.5 Å². The summed E-state index contributed by atoms with van der Waals surface area (Å²) in [7, 11) is 1.67. The summed E-state index contributed by atoms with van der Waals surface area (Å²) < 4.78 is 11.2. The molecule has 0 aliphatic rings. The molecule has 0 aliphatic carbocycles. The van der Waals surface area contributed by atoms with Gasteiger partial charge >= 0.3 is 0 Å². The molecule has 0 radical (unpaired) electrons. The molecule has 0 amide bonds. The van der Waals surface area contributed by atoms with Gasteiger partial charge in [0.05, 0.1) is 7.11 Å². The van der Waals surface area contributed by atoms with Crippen molar-refractivity contribution in [3.8, 4) is 11.5 Å². The second-order valence-corrected chi connectivity index (χ2v) is 5.54.